The average Bonchev–Trinajstić information content (AvgIpc) is 3.08. The van der Waals surface area contributed by atoms with Crippen molar-refractivity contribution in [1.82, 2.24) is 10.2 Å². The second-order valence-corrected chi connectivity index (χ2v) is 8.22. The van der Waals surface area contributed by atoms with Gasteiger partial charge >= 0.3 is 6.03 Å². The maximum Gasteiger partial charge on any atom is 0.325 e. The summed E-state index contributed by atoms with van der Waals surface area (Å²) in [6.45, 7) is -0.370. The zero-order chi connectivity index (χ0) is 24.1. The van der Waals surface area contributed by atoms with Crippen molar-refractivity contribution < 1.29 is 23.9 Å². The SMILES string of the molecule is COc1ccc(C(=O)CN2C(=O)NC(Cc3ccccc3)(Cc3ccccc3)C2=O)cc1OC. The molecular formula is C27H26N2O5. The maximum absolute atomic E-state index is 13.7. The molecule has 174 valence electrons. The summed E-state index contributed by atoms with van der Waals surface area (Å²) < 4.78 is 10.5. The van der Waals surface area contributed by atoms with E-state index in [1.165, 1.54) is 14.2 Å². The van der Waals surface area contributed by atoms with E-state index in [9.17, 15) is 14.4 Å². The maximum atomic E-state index is 13.7. The summed E-state index contributed by atoms with van der Waals surface area (Å²) in [5.41, 5.74) is 0.972. The van der Waals surface area contributed by atoms with Crippen molar-refractivity contribution in [2.75, 3.05) is 20.8 Å². The predicted molar refractivity (Wildman–Crippen MR) is 127 cm³/mol. The van der Waals surface area contributed by atoms with Gasteiger partial charge < -0.3 is 14.8 Å². The van der Waals surface area contributed by atoms with Crippen LogP contribution in [0, 0.1) is 0 Å². The Hall–Kier alpha value is -4.13. The fourth-order valence-corrected chi connectivity index (χ4v) is 4.26. The van der Waals surface area contributed by atoms with Crippen LogP contribution in [0.1, 0.15) is 21.5 Å². The third-order valence-electron chi connectivity index (χ3n) is 5.95. The number of benzene rings is 3. The number of imide groups is 1. The van der Waals surface area contributed by atoms with Crippen LogP contribution in [0.5, 0.6) is 11.5 Å². The summed E-state index contributed by atoms with van der Waals surface area (Å²) >= 11 is 0. The fraction of sp³-hybridized carbons (Fsp3) is 0.222. The van der Waals surface area contributed by atoms with E-state index in [1.54, 1.807) is 18.2 Å². The van der Waals surface area contributed by atoms with Crippen molar-refractivity contribution in [3.63, 3.8) is 0 Å². The molecule has 7 nitrogen and oxygen atoms in total. The van der Waals surface area contributed by atoms with Crippen LogP contribution in [0.25, 0.3) is 0 Å². The lowest BCUT2D eigenvalue weighted by molar-refractivity contribution is -0.131. The minimum Gasteiger partial charge on any atom is -0.493 e. The summed E-state index contributed by atoms with van der Waals surface area (Å²) in [7, 11) is 2.98. The fourth-order valence-electron chi connectivity index (χ4n) is 4.26. The van der Waals surface area contributed by atoms with Gasteiger partial charge in [-0.15, -0.1) is 0 Å². The van der Waals surface area contributed by atoms with Gasteiger partial charge in [-0.3, -0.25) is 14.5 Å². The number of ether oxygens (including phenoxy) is 2. The van der Waals surface area contributed by atoms with Gasteiger partial charge in [-0.1, -0.05) is 60.7 Å². The van der Waals surface area contributed by atoms with Crippen molar-refractivity contribution in [3.8, 4) is 11.5 Å². The summed E-state index contributed by atoms with van der Waals surface area (Å²) in [5, 5.41) is 2.90. The number of hydrogen-bond acceptors (Lipinski definition) is 5. The lowest BCUT2D eigenvalue weighted by Gasteiger charge is -2.27. The van der Waals surface area contributed by atoms with Gasteiger partial charge in [0.05, 0.1) is 20.8 Å². The Morgan fingerprint density at radius 2 is 1.38 bits per heavy atom. The lowest BCUT2D eigenvalue weighted by Crippen LogP contribution is -2.51. The molecule has 4 rings (SSSR count). The number of amides is 3. The van der Waals surface area contributed by atoms with Crippen LogP contribution in [0.4, 0.5) is 4.79 Å². The molecule has 34 heavy (non-hydrogen) atoms. The van der Waals surface area contributed by atoms with Gasteiger partial charge in [-0.2, -0.15) is 0 Å². The molecule has 0 aliphatic carbocycles. The average molecular weight is 459 g/mol. The first-order chi connectivity index (χ1) is 16.5. The van der Waals surface area contributed by atoms with Gasteiger partial charge in [-0.25, -0.2) is 4.79 Å². The third kappa shape index (κ3) is 4.64. The third-order valence-corrected chi connectivity index (χ3v) is 5.95. The quantitative estimate of drug-likeness (QED) is 0.391. The molecule has 0 radical (unpaired) electrons. The first-order valence-corrected chi connectivity index (χ1v) is 10.9. The smallest absolute Gasteiger partial charge is 0.325 e. The number of nitrogens with zero attached hydrogens (tertiary/aromatic N) is 1. The van der Waals surface area contributed by atoms with Gasteiger partial charge in [0, 0.05) is 18.4 Å². The highest BCUT2D eigenvalue weighted by Gasteiger charge is 2.51. The Kier molecular flexibility index (Phi) is 6.63. The lowest BCUT2D eigenvalue weighted by atomic mass is 9.84. The van der Waals surface area contributed by atoms with Crippen molar-refractivity contribution in [1.29, 1.82) is 0 Å². The Morgan fingerprint density at radius 3 is 1.91 bits per heavy atom. The van der Waals surface area contributed by atoms with Crippen LogP contribution < -0.4 is 14.8 Å². The second-order valence-electron chi connectivity index (χ2n) is 8.22. The molecule has 3 amide bonds. The summed E-state index contributed by atoms with van der Waals surface area (Å²) in [6.07, 6.45) is 0.628. The monoisotopic (exact) mass is 458 g/mol. The van der Waals surface area contributed by atoms with Gasteiger partial charge in [0.15, 0.2) is 17.3 Å². The zero-order valence-corrected chi connectivity index (χ0v) is 19.1. The highest BCUT2D eigenvalue weighted by molar-refractivity contribution is 6.11. The second kappa shape index (κ2) is 9.79. The largest absolute Gasteiger partial charge is 0.493 e. The number of carbonyl (C=O) groups is 3. The Bertz CT molecular complexity index is 1150. The number of hydrogen-bond donors (Lipinski definition) is 1. The van der Waals surface area contributed by atoms with E-state index in [-0.39, 0.29) is 12.3 Å². The molecule has 1 heterocycles. The first kappa shape index (κ1) is 23.0. The van der Waals surface area contributed by atoms with Gasteiger partial charge in [0.2, 0.25) is 0 Å². The van der Waals surface area contributed by atoms with Crippen LogP contribution in [-0.4, -0.2) is 48.9 Å². The van der Waals surface area contributed by atoms with Crippen LogP contribution in [0.2, 0.25) is 0 Å². The Morgan fingerprint density at radius 1 is 0.824 bits per heavy atom. The first-order valence-electron chi connectivity index (χ1n) is 10.9. The molecule has 3 aromatic carbocycles. The van der Waals surface area contributed by atoms with Crippen LogP contribution in [-0.2, 0) is 17.6 Å². The van der Waals surface area contributed by atoms with E-state index in [4.69, 9.17) is 9.47 Å². The molecule has 0 bridgehead atoms. The van der Waals surface area contributed by atoms with E-state index in [0.29, 0.717) is 29.9 Å². The molecule has 0 aromatic heterocycles. The standard InChI is InChI=1S/C27H26N2O5/c1-33-23-14-13-21(15-24(23)34-2)22(30)18-29-25(31)27(28-26(29)32,16-19-9-5-3-6-10-19)17-20-11-7-4-8-12-20/h3-15H,16-18H2,1-2H3,(H,28,32). The normalized spacial score (nSPS) is 14.6. The molecule has 1 saturated heterocycles. The van der Waals surface area contributed by atoms with E-state index in [2.05, 4.69) is 5.32 Å². The molecule has 0 atom stereocenters. The topological polar surface area (TPSA) is 84.9 Å². The van der Waals surface area contributed by atoms with Crippen LogP contribution in [0.3, 0.4) is 0 Å². The number of rotatable bonds is 9. The molecule has 1 N–H and O–H groups in total. The minimum absolute atomic E-state index is 0.314. The van der Waals surface area contributed by atoms with Crippen LogP contribution >= 0.6 is 0 Å². The highest BCUT2D eigenvalue weighted by Crippen LogP contribution is 2.30. The van der Waals surface area contributed by atoms with E-state index < -0.39 is 17.5 Å². The minimum atomic E-state index is -1.18. The molecule has 0 spiro atoms. The number of methoxy groups -OCH3 is 2. The molecule has 1 fully saturated rings. The van der Waals surface area contributed by atoms with E-state index in [0.717, 1.165) is 16.0 Å². The number of nitrogens with one attached hydrogen (secondary N) is 1. The highest BCUT2D eigenvalue weighted by atomic mass is 16.5. The van der Waals surface area contributed by atoms with Crippen molar-refractivity contribution >= 4 is 17.7 Å². The number of Topliss-reactive ketones (excluding diaryl/α,β-unsaturated/α-hetero) is 1. The molecular weight excluding hydrogens is 432 g/mol. The molecule has 0 saturated carbocycles. The number of ketones is 1. The molecule has 7 heteroatoms. The molecule has 3 aromatic rings. The van der Waals surface area contributed by atoms with E-state index >= 15 is 0 Å². The molecule has 1 aliphatic rings. The van der Waals surface area contributed by atoms with Gasteiger partial charge in [-0.05, 0) is 29.3 Å². The zero-order valence-electron chi connectivity index (χ0n) is 19.1. The molecule has 0 unspecified atom stereocenters. The molecule has 1 aliphatic heterocycles. The Labute approximate surface area is 198 Å². The van der Waals surface area contributed by atoms with E-state index in [1.807, 2.05) is 60.7 Å². The Balaban J connectivity index is 1.61. The number of urea groups is 1. The van der Waals surface area contributed by atoms with Crippen molar-refractivity contribution in [2.24, 2.45) is 0 Å². The summed E-state index contributed by atoms with van der Waals surface area (Å²) in [6, 6.07) is 23.2. The number of carbonyl (C=O) groups excluding carboxylic acids is 3. The van der Waals surface area contributed by atoms with Crippen molar-refractivity contribution in [3.05, 3.63) is 95.6 Å². The van der Waals surface area contributed by atoms with Gasteiger partial charge in [0.25, 0.3) is 5.91 Å². The van der Waals surface area contributed by atoms with Gasteiger partial charge in [0.1, 0.15) is 5.54 Å². The van der Waals surface area contributed by atoms with Crippen molar-refractivity contribution in [2.45, 2.75) is 18.4 Å². The summed E-state index contributed by atoms with van der Waals surface area (Å²) in [5.74, 6) is 0.0885. The van der Waals surface area contributed by atoms with Crippen LogP contribution in [0.15, 0.2) is 78.9 Å². The summed E-state index contributed by atoms with van der Waals surface area (Å²) in [4.78, 5) is 40.7. The predicted octanol–water partition coefficient (Wildman–Crippen LogP) is 3.66.